The zero-order valence-corrected chi connectivity index (χ0v) is 9.08. The van der Waals surface area contributed by atoms with Crippen LogP contribution in [0, 0.1) is 11.8 Å². The molecule has 14 heavy (non-hydrogen) atoms. The summed E-state index contributed by atoms with van der Waals surface area (Å²) in [6, 6.07) is 0.401. The van der Waals surface area contributed by atoms with E-state index >= 15 is 0 Å². The Hall–Kier alpha value is -0.0800. The molecule has 2 aliphatic rings. The first kappa shape index (κ1) is 10.4. The van der Waals surface area contributed by atoms with Gasteiger partial charge >= 0.3 is 0 Å². The van der Waals surface area contributed by atoms with Crippen molar-refractivity contribution in [2.45, 2.75) is 51.0 Å². The molecular formula is C12H23NO. The van der Waals surface area contributed by atoms with Gasteiger partial charge in [0, 0.05) is 12.6 Å². The largest absolute Gasteiger partial charge is 0.381 e. The third-order valence-electron chi connectivity index (χ3n) is 3.95. The molecule has 0 bridgehead atoms. The Morgan fingerprint density at radius 1 is 1.21 bits per heavy atom. The van der Waals surface area contributed by atoms with Crippen LogP contribution in [-0.4, -0.2) is 19.3 Å². The maximum absolute atomic E-state index is 6.18. The number of nitrogens with two attached hydrogens (primary N) is 1. The molecule has 0 aromatic carbocycles. The molecule has 1 aliphatic heterocycles. The van der Waals surface area contributed by atoms with Crippen molar-refractivity contribution >= 4 is 0 Å². The van der Waals surface area contributed by atoms with Crippen LogP contribution < -0.4 is 5.73 Å². The summed E-state index contributed by atoms with van der Waals surface area (Å²) >= 11 is 0. The van der Waals surface area contributed by atoms with Crippen LogP contribution in [0.25, 0.3) is 0 Å². The van der Waals surface area contributed by atoms with E-state index in [0.29, 0.717) is 12.0 Å². The van der Waals surface area contributed by atoms with Crippen molar-refractivity contribution in [2.75, 3.05) is 13.2 Å². The second-order valence-electron chi connectivity index (χ2n) is 5.02. The Labute approximate surface area is 87.2 Å². The summed E-state index contributed by atoms with van der Waals surface area (Å²) in [5, 5.41) is 0. The predicted molar refractivity (Wildman–Crippen MR) is 58.1 cm³/mol. The third kappa shape index (κ3) is 2.71. The van der Waals surface area contributed by atoms with Crippen molar-refractivity contribution in [3.63, 3.8) is 0 Å². The summed E-state index contributed by atoms with van der Waals surface area (Å²) in [4.78, 5) is 0. The monoisotopic (exact) mass is 197 g/mol. The molecule has 1 saturated heterocycles. The molecule has 0 spiro atoms. The first-order valence-corrected chi connectivity index (χ1v) is 6.19. The van der Waals surface area contributed by atoms with Gasteiger partial charge in [-0.05, 0) is 31.1 Å². The Kier molecular flexibility index (Phi) is 3.82. The van der Waals surface area contributed by atoms with Gasteiger partial charge in [0.25, 0.3) is 0 Å². The zero-order valence-electron chi connectivity index (χ0n) is 9.08. The van der Waals surface area contributed by atoms with Gasteiger partial charge in [0.2, 0.25) is 0 Å². The van der Waals surface area contributed by atoms with Gasteiger partial charge in [-0.2, -0.15) is 0 Å². The van der Waals surface area contributed by atoms with E-state index < -0.39 is 0 Å². The van der Waals surface area contributed by atoms with Gasteiger partial charge in [-0.1, -0.05) is 25.7 Å². The molecule has 2 fully saturated rings. The van der Waals surface area contributed by atoms with Crippen molar-refractivity contribution < 1.29 is 4.74 Å². The minimum atomic E-state index is 0.401. The van der Waals surface area contributed by atoms with Crippen LogP contribution in [0.4, 0.5) is 0 Å². The maximum Gasteiger partial charge on any atom is 0.0509 e. The quantitative estimate of drug-likeness (QED) is 0.750. The normalized spacial score (nSPS) is 31.1. The Morgan fingerprint density at radius 2 is 2.00 bits per heavy atom. The first-order chi connectivity index (χ1) is 6.86. The standard InChI is InChI=1S/C12H23NO/c13-12(11-7-8-14-9-11)6-5-10-3-1-2-4-10/h10-12H,1-9,13H2. The lowest BCUT2D eigenvalue weighted by Crippen LogP contribution is -2.30. The highest BCUT2D eigenvalue weighted by Crippen LogP contribution is 2.30. The molecule has 0 amide bonds. The van der Waals surface area contributed by atoms with Gasteiger partial charge in [-0.25, -0.2) is 0 Å². The fourth-order valence-corrected chi connectivity index (χ4v) is 2.85. The van der Waals surface area contributed by atoms with E-state index in [2.05, 4.69) is 0 Å². The van der Waals surface area contributed by atoms with Crippen molar-refractivity contribution in [3.05, 3.63) is 0 Å². The SMILES string of the molecule is NC(CCC1CCCC1)C1CCOC1. The Balaban J connectivity index is 1.63. The van der Waals surface area contributed by atoms with E-state index in [0.717, 1.165) is 19.1 Å². The van der Waals surface area contributed by atoms with Crippen molar-refractivity contribution in [3.8, 4) is 0 Å². The fraction of sp³-hybridized carbons (Fsp3) is 1.00. The first-order valence-electron chi connectivity index (χ1n) is 6.19. The molecule has 2 N–H and O–H groups in total. The molecule has 1 heterocycles. The lowest BCUT2D eigenvalue weighted by atomic mass is 9.91. The van der Waals surface area contributed by atoms with E-state index in [1.165, 1.54) is 44.9 Å². The van der Waals surface area contributed by atoms with E-state index in [4.69, 9.17) is 10.5 Å². The molecule has 1 aliphatic carbocycles. The molecule has 82 valence electrons. The average Bonchev–Trinajstić information content (AvgIpc) is 2.87. The summed E-state index contributed by atoms with van der Waals surface area (Å²) in [5.74, 6) is 1.64. The molecule has 2 rings (SSSR count). The molecule has 1 saturated carbocycles. The van der Waals surface area contributed by atoms with Gasteiger partial charge < -0.3 is 10.5 Å². The van der Waals surface area contributed by atoms with Crippen LogP contribution in [-0.2, 0) is 4.74 Å². The van der Waals surface area contributed by atoms with Crippen LogP contribution in [0.15, 0.2) is 0 Å². The molecule has 0 aromatic rings. The smallest absolute Gasteiger partial charge is 0.0509 e. The average molecular weight is 197 g/mol. The molecule has 2 heteroatoms. The Morgan fingerprint density at radius 3 is 2.64 bits per heavy atom. The number of rotatable bonds is 4. The summed E-state index contributed by atoms with van der Waals surface area (Å²) in [6.45, 7) is 1.84. The van der Waals surface area contributed by atoms with Gasteiger partial charge in [0.15, 0.2) is 0 Å². The maximum atomic E-state index is 6.18. The highest BCUT2D eigenvalue weighted by molar-refractivity contribution is 4.78. The summed E-state index contributed by atoms with van der Waals surface area (Å²) in [6.07, 6.45) is 9.57. The van der Waals surface area contributed by atoms with Gasteiger partial charge in [-0.3, -0.25) is 0 Å². The Bertz CT molecular complexity index is 160. The molecule has 2 atom stereocenters. The van der Waals surface area contributed by atoms with Gasteiger partial charge in [-0.15, -0.1) is 0 Å². The van der Waals surface area contributed by atoms with E-state index in [-0.39, 0.29) is 0 Å². The van der Waals surface area contributed by atoms with Crippen LogP contribution in [0.1, 0.15) is 44.9 Å². The van der Waals surface area contributed by atoms with Gasteiger partial charge in [0.1, 0.15) is 0 Å². The minimum Gasteiger partial charge on any atom is -0.381 e. The number of ether oxygens (including phenoxy) is 1. The second kappa shape index (κ2) is 5.13. The van der Waals surface area contributed by atoms with E-state index in [1.54, 1.807) is 0 Å². The second-order valence-corrected chi connectivity index (χ2v) is 5.02. The topological polar surface area (TPSA) is 35.2 Å². The van der Waals surface area contributed by atoms with Crippen LogP contribution in [0.2, 0.25) is 0 Å². The minimum absolute atomic E-state index is 0.401. The number of hydrogen-bond acceptors (Lipinski definition) is 2. The van der Waals surface area contributed by atoms with Crippen molar-refractivity contribution in [2.24, 2.45) is 17.6 Å². The lowest BCUT2D eigenvalue weighted by molar-refractivity contribution is 0.179. The molecule has 0 aromatic heterocycles. The van der Waals surface area contributed by atoms with Gasteiger partial charge in [0.05, 0.1) is 6.61 Å². The van der Waals surface area contributed by atoms with Crippen LogP contribution in [0.5, 0.6) is 0 Å². The third-order valence-corrected chi connectivity index (χ3v) is 3.95. The number of hydrogen-bond donors (Lipinski definition) is 1. The van der Waals surface area contributed by atoms with Crippen LogP contribution >= 0.6 is 0 Å². The molecular weight excluding hydrogens is 174 g/mol. The van der Waals surface area contributed by atoms with Crippen molar-refractivity contribution in [1.82, 2.24) is 0 Å². The molecule has 2 nitrogen and oxygen atoms in total. The lowest BCUT2D eigenvalue weighted by Gasteiger charge is -2.19. The van der Waals surface area contributed by atoms with Crippen molar-refractivity contribution in [1.29, 1.82) is 0 Å². The predicted octanol–water partition coefficient (Wildman–Crippen LogP) is 2.32. The molecule has 2 unspecified atom stereocenters. The zero-order chi connectivity index (χ0) is 9.80. The van der Waals surface area contributed by atoms with E-state index in [1.807, 2.05) is 0 Å². The highest BCUT2D eigenvalue weighted by Gasteiger charge is 2.24. The fourth-order valence-electron chi connectivity index (χ4n) is 2.85. The molecule has 0 radical (unpaired) electrons. The highest BCUT2D eigenvalue weighted by atomic mass is 16.5. The summed E-state index contributed by atoms with van der Waals surface area (Å²) in [5.41, 5.74) is 6.18. The summed E-state index contributed by atoms with van der Waals surface area (Å²) in [7, 11) is 0. The van der Waals surface area contributed by atoms with E-state index in [9.17, 15) is 0 Å². The summed E-state index contributed by atoms with van der Waals surface area (Å²) < 4.78 is 5.37. The van der Waals surface area contributed by atoms with Crippen LogP contribution in [0.3, 0.4) is 0 Å².